The zero-order valence-corrected chi connectivity index (χ0v) is 13.4. The first kappa shape index (κ1) is 15.9. The monoisotopic (exact) mass is 295 g/mol. The van der Waals surface area contributed by atoms with E-state index in [1.54, 1.807) is 6.07 Å². The summed E-state index contributed by atoms with van der Waals surface area (Å²) in [5.74, 6) is -0.101. The average Bonchev–Trinajstić information content (AvgIpc) is 2.41. The summed E-state index contributed by atoms with van der Waals surface area (Å²) < 4.78 is 19.4. The zero-order valence-electron chi connectivity index (χ0n) is 13.4. The van der Waals surface area contributed by atoms with Gasteiger partial charge in [-0.05, 0) is 27.3 Å². The van der Waals surface area contributed by atoms with Crippen LogP contribution in [-0.4, -0.2) is 43.7 Å². The minimum atomic E-state index is -0.391. The van der Waals surface area contributed by atoms with Gasteiger partial charge in [0.2, 0.25) is 0 Å². The fourth-order valence-corrected chi connectivity index (χ4v) is 2.60. The highest BCUT2D eigenvalue weighted by atomic mass is 19.1. The Kier molecular flexibility index (Phi) is 4.61. The highest BCUT2D eigenvalue weighted by Gasteiger charge is 2.32. The van der Waals surface area contributed by atoms with Crippen LogP contribution in [0, 0.1) is 5.82 Å². The predicted octanol–water partition coefficient (Wildman–Crippen LogP) is 2.73. The Bertz CT molecular complexity index is 505. The molecule has 0 unspecified atom stereocenters. The summed E-state index contributed by atoms with van der Waals surface area (Å²) in [6.07, 6.45) is 0.848. The summed E-state index contributed by atoms with van der Waals surface area (Å²) in [4.78, 5) is 4.55. The van der Waals surface area contributed by atoms with Gasteiger partial charge in [-0.2, -0.15) is 0 Å². The number of benzene rings is 1. The lowest BCUT2D eigenvalue weighted by Crippen LogP contribution is -2.57. The highest BCUT2D eigenvalue weighted by molar-refractivity contribution is 5.70. The van der Waals surface area contributed by atoms with Gasteiger partial charge in [0.25, 0.3) is 0 Å². The second-order valence-electron chi connectivity index (χ2n) is 6.35. The van der Waals surface area contributed by atoms with E-state index in [9.17, 15) is 4.39 Å². The van der Waals surface area contributed by atoms with Crippen LogP contribution in [0.1, 0.15) is 27.2 Å². The van der Waals surface area contributed by atoms with E-state index in [-0.39, 0.29) is 11.3 Å². The number of halogens is 1. The van der Waals surface area contributed by atoms with Crippen LogP contribution in [0.2, 0.25) is 0 Å². The van der Waals surface area contributed by atoms with Crippen molar-refractivity contribution in [3.8, 4) is 5.75 Å². The number of anilines is 2. The van der Waals surface area contributed by atoms with Gasteiger partial charge in [0.15, 0.2) is 11.6 Å². The number of hydrogen-bond acceptors (Lipinski definition) is 4. The standard InChI is InChI=1S/C16H26FN3O/c1-5-8-21-15-10-14(13(18)9-12(15)17)20-7-6-19(4)16(2,3)11-20/h9-10H,5-8,11,18H2,1-4H3. The normalized spacial score (nSPS) is 18.8. The van der Waals surface area contributed by atoms with Crippen molar-refractivity contribution in [3.63, 3.8) is 0 Å². The smallest absolute Gasteiger partial charge is 0.167 e. The molecule has 118 valence electrons. The van der Waals surface area contributed by atoms with Crippen LogP contribution in [0.15, 0.2) is 12.1 Å². The van der Waals surface area contributed by atoms with Gasteiger partial charge in [-0.3, -0.25) is 4.90 Å². The molecule has 0 amide bonds. The van der Waals surface area contributed by atoms with Gasteiger partial charge in [-0.25, -0.2) is 4.39 Å². The number of rotatable bonds is 4. The van der Waals surface area contributed by atoms with Crippen molar-refractivity contribution in [2.45, 2.75) is 32.7 Å². The van der Waals surface area contributed by atoms with Gasteiger partial charge in [-0.1, -0.05) is 6.92 Å². The minimum absolute atomic E-state index is 0.0590. The van der Waals surface area contributed by atoms with E-state index in [4.69, 9.17) is 10.5 Å². The molecule has 1 aliphatic rings. The SMILES string of the molecule is CCCOc1cc(N2CCN(C)C(C)(C)C2)c(N)cc1F. The molecule has 2 rings (SSSR count). The molecule has 0 atom stereocenters. The van der Waals surface area contributed by atoms with Gasteiger partial charge < -0.3 is 15.4 Å². The van der Waals surface area contributed by atoms with E-state index in [2.05, 4.69) is 30.7 Å². The van der Waals surface area contributed by atoms with Crippen LogP contribution in [0.4, 0.5) is 15.8 Å². The summed E-state index contributed by atoms with van der Waals surface area (Å²) >= 11 is 0. The largest absolute Gasteiger partial charge is 0.490 e. The highest BCUT2D eigenvalue weighted by Crippen LogP contribution is 2.34. The van der Waals surface area contributed by atoms with E-state index in [1.165, 1.54) is 6.07 Å². The molecule has 0 saturated carbocycles. The molecular weight excluding hydrogens is 269 g/mol. The molecule has 1 aliphatic heterocycles. The molecule has 0 radical (unpaired) electrons. The molecule has 0 bridgehead atoms. The van der Waals surface area contributed by atoms with Crippen LogP contribution in [0.25, 0.3) is 0 Å². The van der Waals surface area contributed by atoms with Gasteiger partial charge in [0, 0.05) is 37.3 Å². The summed E-state index contributed by atoms with van der Waals surface area (Å²) in [6.45, 7) is 9.60. The molecule has 5 heteroatoms. The molecule has 21 heavy (non-hydrogen) atoms. The quantitative estimate of drug-likeness (QED) is 0.867. The Labute approximate surface area is 126 Å². The first-order valence-electron chi connectivity index (χ1n) is 7.53. The number of hydrogen-bond donors (Lipinski definition) is 1. The van der Waals surface area contributed by atoms with E-state index < -0.39 is 5.82 Å². The van der Waals surface area contributed by atoms with Gasteiger partial charge >= 0.3 is 0 Å². The second-order valence-corrected chi connectivity index (χ2v) is 6.35. The maximum absolute atomic E-state index is 13.9. The number of nitrogen functional groups attached to an aromatic ring is 1. The summed E-state index contributed by atoms with van der Waals surface area (Å²) in [7, 11) is 2.13. The Morgan fingerprint density at radius 1 is 1.33 bits per heavy atom. The summed E-state index contributed by atoms with van der Waals surface area (Å²) in [5, 5.41) is 0. The Hall–Kier alpha value is -1.49. The fourth-order valence-electron chi connectivity index (χ4n) is 2.60. The summed E-state index contributed by atoms with van der Waals surface area (Å²) in [5.41, 5.74) is 7.41. The van der Waals surface area contributed by atoms with Gasteiger partial charge in [-0.15, -0.1) is 0 Å². The Balaban J connectivity index is 2.26. The van der Waals surface area contributed by atoms with E-state index in [1.807, 2.05) is 6.92 Å². The lowest BCUT2D eigenvalue weighted by Gasteiger charge is -2.46. The average molecular weight is 295 g/mol. The molecular formula is C16H26FN3O. The van der Waals surface area contributed by atoms with Crippen molar-refractivity contribution >= 4 is 11.4 Å². The Morgan fingerprint density at radius 3 is 2.67 bits per heavy atom. The fraction of sp³-hybridized carbons (Fsp3) is 0.625. The van der Waals surface area contributed by atoms with E-state index in [0.717, 1.165) is 31.7 Å². The van der Waals surface area contributed by atoms with Crippen molar-refractivity contribution in [1.29, 1.82) is 0 Å². The lowest BCUT2D eigenvalue weighted by molar-refractivity contribution is 0.139. The number of likely N-dealkylation sites (N-methyl/N-ethyl adjacent to an activating group) is 1. The topological polar surface area (TPSA) is 41.7 Å². The lowest BCUT2D eigenvalue weighted by atomic mass is 9.99. The molecule has 0 aromatic heterocycles. The third-order valence-corrected chi connectivity index (χ3v) is 4.20. The molecule has 1 saturated heterocycles. The molecule has 2 N–H and O–H groups in total. The van der Waals surface area contributed by atoms with Crippen LogP contribution < -0.4 is 15.4 Å². The third-order valence-electron chi connectivity index (χ3n) is 4.20. The molecule has 4 nitrogen and oxygen atoms in total. The first-order chi connectivity index (χ1) is 9.85. The predicted molar refractivity (Wildman–Crippen MR) is 85.5 cm³/mol. The number of nitrogens with zero attached hydrogens (tertiary/aromatic N) is 2. The van der Waals surface area contributed by atoms with E-state index >= 15 is 0 Å². The first-order valence-corrected chi connectivity index (χ1v) is 7.53. The van der Waals surface area contributed by atoms with Crippen molar-refractivity contribution in [2.75, 3.05) is 43.9 Å². The molecule has 0 spiro atoms. The van der Waals surface area contributed by atoms with Crippen molar-refractivity contribution < 1.29 is 9.13 Å². The number of piperazine rings is 1. The van der Waals surface area contributed by atoms with Crippen molar-refractivity contribution in [1.82, 2.24) is 4.90 Å². The zero-order chi connectivity index (χ0) is 15.6. The molecule has 1 fully saturated rings. The molecule has 1 heterocycles. The maximum Gasteiger partial charge on any atom is 0.167 e. The molecule has 1 aromatic carbocycles. The second kappa shape index (κ2) is 6.10. The van der Waals surface area contributed by atoms with Gasteiger partial charge in [0.05, 0.1) is 18.0 Å². The molecule has 1 aromatic rings. The van der Waals surface area contributed by atoms with Crippen LogP contribution in [0.5, 0.6) is 5.75 Å². The van der Waals surface area contributed by atoms with Crippen molar-refractivity contribution in [3.05, 3.63) is 17.9 Å². The van der Waals surface area contributed by atoms with Crippen LogP contribution >= 0.6 is 0 Å². The number of nitrogens with two attached hydrogens (primary N) is 1. The van der Waals surface area contributed by atoms with E-state index in [0.29, 0.717) is 12.3 Å². The minimum Gasteiger partial charge on any atom is -0.490 e. The number of ether oxygens (including phenoxy) is 1. The Morgan fingerprint density at radius 2 is 2.05 bits per heavy atom. The van der Waals surface area contributed by atoms with Gasteiger partial charge in [0.1, 0.15) is 0 Å². The van der Waals surface area contributed by atoms with Crippen molar-refractivity contribution in [2.24, 2.45) is 0 Å². The van der Waals surface area contributed by atoms with Crippen LogP contribution in [-0.2, 0) is 0 Å². The third kappa shape index (κ3) is 3.40. The molecule has 0 aliphatic carbocycles. The summed E-state index contributed by atoms with van der Waals surface area (Å²) in [6, 6.07) is 3.10. The van der Waals surface area contributed by atoms with Crippen LogP contribution in [0.3, 0.4) is 0 Å². The maximum atomic E-state index is 13.9.